The molecule has 1 aliphatic heterocycles. The maximum atomic E-state index is 13.8. The van der Waals surface area contributed by atoms with Crippen molar-refractivity contribution in [2.24, 2.45) is 5.73 Å². The minimum Gasteiger partial charge on any atom is -0.320 e. The lowest BCUT2D eigenvalue weighted by Gasteiger charge is -2.34. The monoisotopic (exact) mass is 442 g/mol. The third-order valence-electron chi connectivity index (χ3n) is 6.07. The maximum absolute atomic E-state index is 13.8. The number of nitrogens with zero attached hydrogens (tertiary/aromatic N) is 2. The lowest BCUT2D eigenvalue weighted by Crippen LogP contribution is -2.54. The molecular formula is C27H30N4O2. The molecule has 33 heavy (non-hydrogen) atoms. The Morgan fingerprint density at radius 2 is 1.67 bits per heavy atom. The average Bonchev–Trinajstić information content (AvgIpc) is 3.40. The number of nitrogens with two attached hydrogens (primary N) is 1. The van der Waals surface area contributed by atoms with Gasteiger partial charge in [0.25, 0.3) is 0 Å². The highest BCUT2D eigenvalue weighted by atomic mass is 16.2. The van der Waals surface area contributed by atoms with Gasteiger partial charge in [-0.15, -0.1) is 0 Å². The summed E-state index contributed by atoms with van der Waals surface area (Å²) < 4.78 is 0. The number of aromatic nitrogens is 1. The molecule has 0 unspecified atom stereocenters. The first-order valence-corrected chi connectivity index (χ1v) is 11.5. The standard InChI is InChI=1S/C27H30N4O2/c28-23(18-20-10-3-1-4-11-20)26(32)31(27(33)24-15-9-17-30-24)25(21-12-5-2-6-13-21)19-22-14-7-8-16-29-22/h1-8,10-14,16,23-25,30H,9,15,17-19,28H2/t23-,24-,25-/m0/s1. The van der Waals surface area contributed by atoms with E-state index < -0.39 is 12.1 Å². The summed E-state index contributed by atoms with van der Waals surface area (Å²) in [5.41, 5.74) is 9.08. The van der Waals surface area contributed by atoms with Crippen LogP contribution in [0.25, 0.3) is 0 Å². The van der Waals surface area contributed by atoms with E-state index in [4.69, 9.17) is 5.73 Å². The second kappa shape index (κ2) is 11.0. The summed E-state index contributed by atoms with van der Waals surface area (Å²) in [7, 11) is 0. The summed E-state index contributed by atoms with van der Waals surface area (Å²) >= 11 is 0. The van der Waals surface area contributed by atoms with Gasteiger partial charge in [-0.25, -0.2) is 0 Å². The van der Waals surface area contributed by atoms with Crippen LogP contribution in [0.5, 0.6) is 0 Å². The SMILES string of the molecule is N[C@@H](Cc1ccccc1)C(=O)N(C(=O)[C@@H]1CCCN1)[C@@H](Cc1ccccn1)c1ccccc1. The van der Waals surface area contributed by atoms with Crippen LogP contribution < -0.4 is 11.1 Å². The van der Waals surface area contributed by atoms with Gasteiger partial charge in [-0.2, -0.15) is 0 Å². The Hall–Kier alpha value is -3.35. The predicted octanol–water partition coefficient (Wildman–Crippen LogP) is 3.04. The highest BCUT2D eigenvalue weighted by Gasteiger charge is 2.38. The van der Waals surface area contributed by atoms with Gasteiger partial charge in [-0.3, -0.25) is 19.5 Å². The Bertz CT molecular complexity index is 1040. The Kier molecular flexibility index (Phi) is 7.60. The van der Waals surface area contributed by atoms with E-state index >= 15 is 0 Å². The second-order valence-corrected chi connectivity index (χ2v) is 8.44. The molecule has 6 nitrogen and oxygen atoms in total. The quantitative estimate of drug-likeness (QED) is 0.560. The molecule has 170 valence electrons. The number of rotatable bonds is 8. The third-order valence-corrected chi connectivity index (χ3v) is 6.07. The summed E-state index contributed by atoms with van der Waals surface area (Å²) in [5.74, 6) is -0.576. The van der Waals surface area contributed by atoms with Crippen molar-refractivity contribution in [3.05, 3.63) is 102 Å². The minimum atomic E-state index is -0.826. The summed E-state index contributed by atoms with van der Waals surface area (Å²) in [6, 6.07) is 23.3. The zero-order valence-electron chi connectivity index (χ0n) is 18.6. The van der Waals surface area contributed by atoms with Crippen LogP contribution in [0.3, 0.4) is 0 Å². The molecule has 6 heteroatoms. The fraction of sp³-hybridized carbons (Fsp3) is 0.296. The van der Waals surface area contributed by atoms with Crippen LogP contribution >= 0.6 is 0 Å². The Labute approximate surface area is 194 Å². The second-order valence-electron chi connectivity index (χ2n) is 8.44. The number of carbonyl (C=O) groups is 2. The van der Waals surface area contributed by atoms with Crippen molar-refractivity contribution in [3.8, 4) is 0 Å². The molecule has 0 spiro atoms. The molecule has 0 saturated carbocycles. The molecule has 1 aromatic heterocycles. The fourth-order valence-corrected chi connectivity index (χ4v) is 4.36. The molecule has 0 bridgehead atoms. The van der Waals surface area contributed by atoms with Gasteiger partial charge in [0.1, 0.15) is 0 Å². The minimum absolute atomic E-state index is 0.217. The molecule has 1 aliphatic rings. The van der Waals surface area contributed by atoms with Crippen molar-refractivity contribution in [1.82, 2.24) is 15.2 Å². The van der Waals surface area contributed by atoms with Crippen molar-refractivity contribution in [1.29, 1.82) is 0 Å². The molecule has 1 fully saturated rings. The van der Waals surface area contributed by atoms with Gasteiger partial charge in [0.2, 0.25) is 11.8 Å². The number of hydrogen-bond acceptors (Lipinski definition) is 5. The van der Waals surface area contributed by atoms with E-state index in [9.17, 15) is 9.59 Å². The van der Waals surface area contributed by atoms with Gasteiger partial charge < -0.3 is 11.1 Å². The van der Waals surface area contributed by atoms with Gasteiger partial charge in [0.05, 0.1) is 18.1 Å². The Morgan fingerprint density at radius 3 is 2.30 bits per heavy atom. The van der Waals surface area contributed by atoms with E-state index in [0.29, 0.717) is 19.3 Å². The van der Waals surface area contributed by atoms with E-state index in [-0.39, 0.29) is 17.9 Å². The predicted molar refractivity (Wildman–Crippen MR) is 128 cm³/mol. The maximum Gasteiger partial charge on any atom is 0.247 e. The van der Waals surface area contributed by atoms with Crippen LogP contribution in [0.4, 0.5) is 0 Å². The number of benzene rings is 2. The van der Waals surface area contributed by atoms with Crippen molar-refractivity contribution < 1.29 is 9.59 Å². The third kappa shape index (κ3) is 5.72. The summed E-state index contributed by atoms with van der Waals surface area (Å²) in [4.78, 5) is 33.4. The summed E-state index contributed by atoms with van der Waals surface area (Å²) in [5, 5.41) is 3.25. The lowest BCUT2D eigenvalue weighted by atomic mass is 9.96. The Balaban J connectivity index is 1.69. The molecule has 2 heterocycles. The molecule has 2 amide bonds. The average molecular weight is 443 g/mol. The first kappa shape index (κ1) is 22.8. The molecule has 3 N–H and O–H groups in total. The van der Waals surface area contributed by atoms with Gasteiger partial charge in [-0.05, 0) is 49.1 Å². The number of nitrogens with one attached hydrogen (secondary N) is 1. The number of amides is 2. The van der Waals surface area contributed by atoms with Crippen LogP contribution in [0.15, 0.2) is 85.1 Å². The van der Waals surface area contributed by atoms with Crippen LogP contribution in [0.2, 0.25) is 0 Å². The molecule has 3 aromatic rings. The van der Waals surface area contributed by atoms with Crippen molar-refractivity contribution in [3.63, 3.8) is 0 Å². The normalized spacial score (nSPS) is 17.3. The van der Waals surface area contributed by atoms with E-state index in [1.165, 1.54) is 4.90 Å². The number of hydrogen-bond donors (Lipinski definition) is 2. The van der Waals surface area contributed by atoms with Gasteiger partial charge in [0.15, 0.2) is 0 Å². The Morgan fingerprint density at radius 1 is 0.970 bits per heavy atom. The largest absolute Gasteiger partial charge is 0.320 e. The number of carbonyl (C=O) groups excluding carboxylic acids is 2. The van der Waals surface area contributed by atoms with Crippen molar-refractivity contribution >= 4 is 11.8 Å². The molecule has 0 radical (unpaired) electrons. The summed E-state index contributed by atoms with van der Waals surface area (Å²) in [6.45, 7) is 0.769. The van der Waals surface area contributed by atoms with Crippen LogP contribution in [-0.2, 0) is 22.4 Å². The number of pyridine rings is 1. The molecular weight excluding hydrogens is 412 g/mol. The molecule has 4 rings (SSSR count). The van der Waals surface area contributed by atoms with Crippen LogP contribution in [0, 0.1) is 0 Å². The van der Waals surface area contributed by atoms with Gasteiger partial charge >= 0.3 is 0 Å². The molecule has 1 saturated heterocycles. The molecule has 2 aromatic carbocycles. The highest BCUT2D eigenvalue weighted by molar-refractivity contribution is 6.00. The van der Waals surface area contributed by atoms with E-state index in [1.54, 1.807) is 6.20 Å². The highest BCUT2D eigenvalue weighted by Crippen LogP contribution is 2.28. The topological polar surface area (TPSA) is 88.3 Å². The fourth-order valence-electron chi connectivity index (χ4n) is 4.36. The smallest absolute Gasteiger partial charge is 0.247 e. The number of imide groups is 1. The van der Waals surface area contributed by atoms with Gasteiger partial charge in [0, 0.05) is 18.3 Å². The van der Waals surface area contributed by atoms with E-state index in [1.807, 2.05) is 78.9 Å². The zero-order chi connectivity index (χ0) is 23.0. The molecule has 0 aliphatic carbocycles. The molecule has 3 atom stereocenters. The first-order chi connectivity index (χ1) is 16.1. The van der Waals surface area contributed by atoms with Gasteiger partial charge in [-0.1, -0.05) is 66.7 Å². The van der Waals surface area contributed by atoms with Crippen molar-refractivity contribution in [2.45, 2.75) is 43.8 Å². The lowest BCUT2D eigenvalue weighted by molar-refractivity contribution is -0.150. The van der Waals surface area contributed by atoms with Crippen LogP contribution in [0.1, 0.15) is 35.7 Å². The zero-order valence-corrected chi connectivity index (χ0v) is 18.6. The van der Waals surface area contributed by atoms with E-state index in [0.717, 1.165) is 29.8 Å². The first-order valence-electron chi connectivity index (χ1n) is 11.5. The van der Waals surface area contributed by atoms with Crippen LogP contribution in [-0.4, -0.2) is 40.3 Å². The van der Waals surface area contributed by atoms with E-state index in [2.05, 4.69) is 10.3 Å². The van der Waals surface area contributed by atoms with Crippen molar-refractivity contribution in [2.75, 3.05) is 6.54 Å². The summed E-state index contributed by atoms with van der Waals surface area (Å²) in [6.07, 6.45) is 4.14.